The minimum Gasteiger partial charge on any atom is -0.287 e. The Bertz CT molecular complexity index is 662. The second kappa shape index (κ2) is 10.4. The Hall–Kier alpha value is -2.48. The number of H-pyrrole nitrogens is 1. The summed E-state index contributed by atoms with van der Waals surface area (Å²) < 4.78 is 50.7. The van der Waals surface area contributed by atoms with Gasteiger partial charge >= 0.3 is 6.36 Å². The summed E-state index contributed by atoms with van der Waals surface area (Å²) in [7, 11) is 0. The summed E-state index contributed by atoms with van der Waals surface area (Å²) in [6, 6.07) is 6.07. The molecule has 25 heavy (non-hydrogen) atoms. The zero-order valence-electron chi connectivity index (χ0n) is 13.8. The lowest BCUT2D eigenvalue weighted by atomic mass is 10.2. The van der Waals surface area contributed by atoms with E-state index in [1.807, 2.05) is 13.0 Å². The number of alkyl halides is 3. The van der Waals surface area contributed by atoms with E-state index in [-0.39, 0.29) is 5.82 Å². The third-order valence-electron chi connectivity index (χ3n) is 2.75. The van der Waals surface area contributed by atoms with Gasteiger partial charge in [0.05, 0.1) is 6.61 Å². The highest BCUT2D eigenvalue weighted by Crippen LogP contribution is 2.17. The maximum absolute atomic E-state index is 12.5. The maximum Gasteiger partial charge on any atom is 0.522 e. The number of aromatic amines is 1. The summed E-state index contributed by atoms with van der Waals surface area (Å²) in [4.78, 5) is 3.93. The number of rotatable bonds is 5. The molecule has 1 N–H and O–H groups in total. The molecule has 0 spiro atoms. The van der Waals surface area contributed by atoms with Crippen molar-refractivity contribution in [2.24, 2.45) is 0 Å². The number of benzene rings is 1. The van der Waals surface area contributed by atoms with Crippen LogP contribution in [0.3, 0.4) is 0 Å². The van der Waals surface area contributed by atoms with Crippen LogP contribution in [-0.2, 0) is 4.74 Å². The number of allylic oxidation sites excluding steroid dienone is 3. The van der Waals surface area contributed by atoms with Gasteiger partial charge in [0, 0.05) is 5.56 Å². The molecule has 1 heterocycles. The van der Waals surface area contributed by atoms with E-state index >= 15 is 0 Å². The zero-order valence-corrected chi connectivity index (χ0v) is 13.8. The lowest BCUT2D eigenvalue weighted by Crippen LogP contribution is -2.14. The zero-order chi connectivity index (χ0) is 18.7. The van der Waals surface area contributed by atoms with E-state index < -0.39 is 13.0 Å². The topological polar surface area (TPSA) is 50.8 Å². The summed E-state index contributed by atoms with van der Waals surface area (Å²) in [6.07, 6.45) is 2.92. The van der Waals surface area contributed by atoms with Gasteiger partial charge in [0.1, 0.15) is 12.1 Å². The first-order valence-electron chi connectivity index (χ1n) is 7.46. The van der Waals surface area contributed by atoms with Crippen molar-refractivity contribution in [3.63, 3.8) is 0 Å². The van der Waals surface area contributed by atoms with Crippen molar-refractivity contribution in [2.45, 2.75) is 26.6 Å². The highest BCUT2D eigenvalue weighted by Gasteiger charge is 2.28. The second-order valence-corrected chi connectivity index (χ2v) is 4.92. The standard InChI is InChI=1S/C9H13F3O.C8H6FN3/c1-3-4-5-6-8(2)7-13-9(10,11)12;9-7-3-1-6(2-4-7)8-10-5-11-12-8/h4-6H,3,7H2,1-2H3;1-5H,(H,10,11,12)/b5-4-,8-6-;. The quantitative estimate of drug-likeness (QED) is 0.602. The first kappa shape index (κ1) is 20.6. The van der Waals surface area contributed by atoms with Gasteiger partial charge in [-0.05, 0) is 43.2 Å². The Morgan fingerprint density at radius 3 is 2.44 bits per heavy atom. The van der Waals surface area contributed by atoms with Crippen LogP contribution in [0.15, 0.2) is 54.4 Å². The summed E-state index contributed by atoms with van der Waals surface area (Å²) in [5.41, 5.74) is 1.37. The number of halogens is 4. The van der Waals surface area contributed by atoms with E-state index in [0.717, 1.165) is 12.0 Å². The van der Waals surface area contributed by atoms with Gasteiger partial charge in [0.25, 0.3) is 0 Å². The Morgan fingerprint density at radius 1 is 1.24 bits per heavy atom. The molecule has 0 radical (unpaired) electrons. The van der Waals surface area contributed by atoms with Gasteiger partial charge < -0.3 is 0 Å². The van der Waals surface area contributed by atoms with Crippen molar-refractivity contribution in [3.8, 4) is 11.4 Å². The molecule has 0 aliphatic rings. The van der Waals surface area contributed by atoms with E-state index in [1.165, 1.54) is 18.5 Å². The molecule has 0 atom stereocenters. The molecule has 8 heteroatoms. The summed E-state index contributed by atoms with van der Waals surface area (Å²) in [5.74, 6) is 0.397. The summed E-state index contributed by atoms with van der Waals surface area (Å²) in [5, 5.41) is 6.38. The Labute approximate surface area is 143 Å². The van der Waals surface area contributed by atoms with Gasteiger partial charge in [-0.15, -0.1) is 13.2 Å². The van der Waals surface area contributed by atoms with Gasteiger partial charge in [-0.1, -0.05) is 25.2 Å². The van der Waals surface area contributed by atoms with Crippen LogP contribution in [0, 0.1) is 5.82 Å². The molecule has 0 aliphatic carbocycles. The minimum absolute atomic E-state index is 0.252. The predicted octanol–water partition coefficient (Wildman–Crippen LogP) is 5.05. The number of aromatic nitrogens is 3. The van der Waals surface area contributed by atoms with Crippen molar-refractivity contribution in [1.82, 2.24) is 15.2 Å². The van der Waals surface area contributed by atoms with Crippen LogP contribution in [0.4, 0.5) is 17.6 Å². The van der Waals surface area contributed by atoms with Crippen LogP contribution in [0.1, 0.15) is 20.3 Å². The van der Waals surface area contributed by atoms with Crippen LogP contribution >= 0.6 is 0 Å². The molecule has 0 amide bonds. The first-order chi connectivity index (χ1) is 11.8. The molecule has 0 unspecified atom stereocenters. The average Bonchev–Trinajstić information content (AvgIpc) is 3.08. The monoisotopic (exact) mass is 357 g/mol. The summed E-state index contributed by atoms with van der Waals surface area (Å²) >= 11 is 0. The van der Waals surface area contributed by atoms with Crippen LogP contribution in [0.25, 0.3) is 11.4 Å². The third kappa shape index (κ3) is 9.41. The number of hydrogen-bond acceptors (Lipinski definition) is 3. The molecule has 0 saturated carbocycles. The molecular formula is C17H19F4N3O. The largest absolute Gasteiger partial charge is 0.522 e. The van der Waals surface area contributed by atoms with Crippen molar-refractivity contribution in [3.05, 3.63) is 60.2 Å². The van der Waals surface area contributed by atoms with Gasteiger partial charge in [0.15, 0.2) is 5.82 Å². The van der Waals surface area contributed by atoms with Gasteiger partial charge in [0.2, 0.25) is 0 Å². The number of ether oxygens (including phenoxy) is 1. The van der Waals surface area contributed by atoms with Crippen LogP contribution in [0.5, 0.6) is 0 Å². The number of hydrogen-bond donors (Lipinski definition) is 1. The van der Waals surface area contributed by atoms with Crippen molar-refractivity contribution in [2.75, 3.05) is 6.61 Å². The fourth-order valence-electron chi connectivity index (χ4n) is 1.56. The number of nitrogens with one attached hydrogen (secondary N) is 1. The Balaban J connectivity index is 0.000000250. The molecule has 2 aromatic rings. The Kier molecular flexibility index (Phi) is 8.55. The van der Waals surface area contributed by atoms with Gasteiger partial charge in [-0.25, -0.2) is 9.37 Å². The predicted molar refractivity (Wildman–Crippen MR) is 87.0 cm³/mol. The van der Waals surface area contributed by atoms with Crippen LogP contribution in [0.2, 0.25) is 0 Å². The molecular weight excluding hydrogens is 338 g/mol. The third-order valence-corrected chi connectivity index (χ3v) is 2.75. The summed E-state index contributed by atoms with van der Waals surface area (Å²) in [6.45, 7) is 3.13. The van der Waals surface area contributed by atoms with E-state index in [0.29, 0.717) is 11.4 Å². The molecule has 0 fully saturated rings. The lowest BCUT2D eigenvalue weighted by Gasteiger charge is -2.06. The van der Waals surface area contributed by atoms with Crippen molar-refractivity contribution in [1.29, 1.82) is 0 Å². The second-order valence-electron chi connectivity index (χ2n) is 4.92. The van der Waals surface area contributed by atoms with Crippen molar-refractivity contribution < 1.29 is 22.3 Å². The maximum atomic E-state index is 12.5. The highest BCUT2D eigenvalue weighted by atomic mass is 19.4. The smallest absolute Gasteiger partial charge is 0.287 e. The molecule has 0 saturated heterocycles. The minimum atomic E-state index is -4.54. The van der Waals surface area contributed by atoms with E-state index in [9.17, 15) is 17.6 Å². The molecule has 4 nitrogen and oxygen atoms in total. The van der Waals surface area contributed by atoms with Crippen LogP contribution in [-0.4, -0.2) is 28.2 Å². The average molecular weight is 357 g/mol. The lowest BCUT2D eigenvalue weighted by molar-refractivity contribution is -0.320. The molecule has 0 bridgehead atoms. The fourth-order valence-corrected chi connectivity index (χ4v) is 1.56. The van der Waals surface area contributed by atoms with E-state index in [1.54, 1.807) is 31.2 Å². The van der Waals surface area contributed by atoms with Gasteiger partial charge in [-0.2, -0.15) is 5.10 Å². The fraction of sp³-hybridized carbons (Fsp3) is 0.294. The highest BCUT2D eigenvalue weighted by molar-refractivity contribution is 5.53. The normalized spacial score (nSPS) is 12.2. The molecule has 0 aliphatic heterocycles. The number of nitrogens with zero attached hydrogens (tertiary/aromatic N) is 2. The molecule has 2 rings (SSSR count). The molecule has 136 valence electrons. The molecule has 1 aromatic heterocycles. The van der Waals surface area contributed by atoms with Crippen LogP contribution < -0.4 is 0 Å². The van der Waals surface area contributed by atoms with E-state index in [2.05, 4.69) is 19.9 Å². The van der Waals surface area contributed by atoms with E-state index in [4.69, 9.17) is 0 Å². The Morgan fingerprint density at radius 2 is 1.92 bits per heavy atom. The molecule has 1 aromatic carbocycles. The van der Waals surface area contributed by atoms with Crippen molar-refractivity contribution >= 4 is 0 Å². The SMILES string of the molecule is CC/C=C\C=C(\C)COC(F)(F)F.Fc1ccc(-c2ncn[nH]2)cc1. The van der Waals surface area contributed by atoms with Gasteiger partial charge in [-0.3, -0.25) is 9.84 Å². The first-order valence-corrected chi connectivity index (χ1v) is 7.46.